The van der Waals surface area contributed by atoms with E-state index in [0.717, 1.165) is 25.9 Å². The van der Waals surface area contributed by atoms with E-state index in [1.807, 2.05) is 6.26 Å². The third kappa shape index (κ3) is 5.82. The summed E-state index contributed by atoms with van der Waals surface area (Å²) in [4.78, 5) is 36.6. The van der Waals surface area contributed by atoms with Crippen LogP contribution in [0.1, 0.15) is 26.2 Å². The van der Waals surface area contributed by atoms with Crippen molar-refractivity contribution in [3.05, 3.63) is 0 Å². The second-order valence-corrected chi connectivity index (χ2v) is 6.03. The first kappa shape index (κ1) is 17.6. The predicted octanol–water partition coefficient (Wildman–Crippen LogP) is 0.503. The van der Waals surface area contributed by atoms with Crippen LogP contribution in [0, 0.1) is 0 Å². The highest BCUT2D eigenvalue weighted by molar-refractivity contribution is 7.98. The molecule has 1 unspecified atom stereocenters. The predicted molar refractivity (Wildman–Crippen MR) is 81.4 cm³/mol. The van der Waals surface area contributed by atoms with Gasteiger partial charge in [0.05, 0.1) is 0 Å². The van der Waals surface area contributed by atoms with Crippen LogP contribution in [0.5, 0.6) is 0 Å². The fourth-order valence-electron chi connectivity index (χ4n) is 2.16. The summed E-state index contributed by atoms with van der Waals surface area (Å²) in [5.74, 6) is -0.559. The van der Waals surface area contributed by atoms with Crippen molar-refractivity contribution in [2.75, 3.05) is 25.1 Å². The van der Waals surface area contributed by atoms with E-state index < -0.39 is 24.1 Å². The molecule has 1 rings (SSSR count). The lowest BCUT2D eigenvalue weighted by atomic mass is 10.2. The van der Waals surface area contributed by atoms with Gasteiger partial charge in [-0.15, -0.1) is 0 Å². The lowest BCUT2D eigenvalue weighted by Crippen LogP contribution is -2.52. The highest BCUT2D eigenvalue weighted by atomic mass is 32.2. The number of rotatable bonds is 7. The molecule has 1 aliphatic heterocycles. The molecule has 1 fully saturated rings. The SMILES string of the molecule is CSCC[C@H](NC(=O)NC(C)C(=O)N1CCCC1)C(=O)O. The molecule has 0 saturated carbocycles. The van der Waals surface area contributed by atoms with Crippen LogP contribution in [-0.2, 0) is 9.59 Å². The Morgan fingerprint density at radius 2 is 1.86 bits per heavy atom. The molecular weight excluding hydrogens is 294 g/mol. The van der Waals surface area contributed by atoms with Gasteiger partial charge < -0.3 is 20.6 Å². The van der Waals surface area contributed by atoms with Crippen LogP contribution in [0.15, 0.2) is 0 Å². The van der Waals surface area contributed by atoms with Gasteiger partial charge >= 0.3 is 12.0 Å². The molecule has 8 heteroatoms. The van der Waals surface area contributed by atoms with Crippen LogP contribution < -0.4 is 10.6 Å². The van der Waals surface area contributed by atoms with Crippen molar-refractivity contribution in [2.24, 2.45) is 0 Å². The minimum Gasteiger partial charge on any atom is -0.480 e. The molecular formula is C13H23N3O4S. The Bertz CT molecular complexity index is 386. The minimum absolute atomic E-state index is 0.126. The largest absolute Gasteiger partial charge is 0.480 e. The van der Waals surface area contributed by atoms with Gasteiger partial charge in [-0.25, -0.2) is 9.59 Å². The van der Waals surface area contributed by atoms with E-state index in [1.54, 1.807) is 11.8 Å². The zero-order valence-corrected chi connectivity index (χ0v) is 13.2. The number of nitrogens with zero attached hydrogens (tertiary/aromatic N) is 1. The standard InChI is InChI=1S/C13H23N3O4S/c1-9(11(17)16-6-3-4-7-16)14-13(20)15-10(12(18)19)5-8-21-2/h9-10H,3-8H2,1-2H3,(H,18,19)(H2,14,15,20)/t9?,10-/m0/s1. The molecule has 0 aliphatic carbocycles. The Morgan fingerprint density at radius 1 is 1.24 bits per heavy atom. The van der Waals surface area contributed by atoms with E-state index in [2.05, 4.69) is 10.6 Å². The molecule has 1 aliphatic rings. The van der Waals surface area contributed by atoms with Gasteiger partial charge in [-0.05, 0) is 38.2 Å². The Morgan fingerprint density at radius 3 is 2.38 bits per heavy atom. The quantitative estimate of drug-likeness (QED) is 0.635. The molecule has 120 valence electrons. The second kappa shape index (κ2) is 8.76. The van der Waals surface area contributed by atoms with Crippen molar-refractivity contribution in [3.8, 4) is 0 Å². The minimum atomic E-state index is -1.07. The molecule has 2 atom stereocenters. The van der Waals surface area contributed by atoms with Crippen molar-refractivity contribution >= 4 is 29.7 Å². The molecule has 7 nitrogen and oxygen atoms in total. The van der Waals surface area contributed by atoms with Crippen LogP contribution in [0.2, 0.25) is 0 Å². The normalized spacial score (nSPS) is 17.1. The lowest BCUT2D eigenvalue weighted by Gasteiger charge is -2.22. The van der Waals surface area contributed by atoms with Gasteiger partial charge in [0, 0.05) is 13.1 Å². The number of carboxylic acids is 1. The van der Waals surface area contributed by atoms with E-state index in [1.165, 1.54) is 11.8 Å². The van der Waals surface area contributed by atoms with Crippen molar-refractivity contribution < 1.29 is 19.5 Å². The Labute approximate surface area is 128 Å². The van der Waals surface area contributed by atoms with Crippen LogP contribution in [0.3, 0.4) is 0 Å². The fourth-order valence-corrected chi connectivity index (χ4v) is 2.63. The van der Waals surface area contributed by atoms with E-state index in [9.17, 15) is 14.4 Å². The van der Waals surface area contributed by atoms with Gasteiger partial charge in [0.2, 0.25) is 5.91 Å². The van der Waals surface area contributed by atoms with Crippen LogP contribution in [-0.4, -0.2) is 65.1 Å². The first-order chi connectivity index (χ1) is 9.95. The smallest absolute Gasteiger partial charge is 0.326 e. The molecule has 21 heavy (non-hydrogen) atoms. The number of carboxylic acid groups (broad SMARTS) is 1. The molecule has 0 aromatic carbocycles. The summed E-state index contributed by atoms with van der Waals surface area (Å²) >= 11 is 1.51. The maximum Gasteiger partial charge on any atom is 0.326 e. The van der Waals surface area contributed by atoms with Gasteiger partial charge in [-0.3, -0.25) is 4.79 Å². The number of amides is 3. The van der Waals surface area contributed by atoms with Crippen molar-refractivity contribution in [1.82, 2.24) is 15.5 Å². The summed E-state index contributed by atoms with van der Waals surface area (Å²) in [7, 11) is 0. The van der Waals surface area contributed by atoms with Gasteiger partial charge in [-0.1, -0.05) is 0 Å². The number of hydrogen-bond donors (Lipinski definition) is 3. The maximum atomic E-state index is 12.0. The lowest BCUT2D eigenvalue weighted by molar-refractivity contribution is -0.139. The number of aliphatic carboxylic acids is 1. The van der Waals surface area contributed by atoms with Crippen molar-refractivity contribution in [1.29, 1.82) is 0 Å². The molecule has 3 amide bonds. The van der Waals surface area contributed by atoms with Crippen LogP contribution in [0.4, 0.5) is 4.79 Å². The monoisotopic (exact) mass is 317 g/mol. The summed E-state index contributed by atoms with van der Waals surface area (Å²) in [6, 6.07) is -2.21. The molecule has 0 spiro atoms. The number of urea groups is 1. The topological polar surface area (TPSA) is 98.7 Å². The Kier molecular flexibility index (Phi) is 7.35. The van der Waals surface area contributed by atoms with E-state index in [4.69, 9.17) is 5.11 Å². The number of carbonyl (C=O) groups is 3. The summed E-state index contributed by atoms with van der Waals surface area (Å²) < 4.78 is 0. The van der Waals surface area contributed by atoms with E-state index >= 15 is 0 Å². The molecule has 1 saturated heterocycles. The highest BCUT2D eigenvalue weighted by Crippen LogP contribution is 2.09. The van der Waals surface area contributed by atoms with Gasteiger partial charge in [-0.2, -0.15) is 11.8 Å². The van der Waals surface area contributed by atoms with Crippen molar-refractivity contribution in [2.45, 2.75) is 38.3 Å². The summed E-state index contributed by atoms with van der Waals surface area (Å²) in [6.07, 6.45) is 4.19. The van der Waals surface area contributed by atoms with E-state index in [-0.39, 0.29) is 5.91 Å². The number of likely N-dealkylation sites (tertiary alicyclic amines) is 1. The van der Waals surface area contributed by atoms with Gasteiger partial charge in [0.25, 0.3) is 0 Å². The van der Waals surface area contributed by atoms with Crippen molar-refractivity contribution in [3.63, 3.8) is 0 Å². The summed E-state index contributed by atoms with van der Waals surface area (Å²) in [6.45, 7) is 3.05. The fraction of sp³-hybridized carbons (Fsp3) is 0.769. The number of carbonyl (C=O) groups excluding carboxylic acids is 2. The maximum absolute atomic E-state index is 12.0. The second-order valence-electron chi connectivity index (χ2n) is 5.04. The molecule has 0 bridgehead atoms. The summed E-state index contributed by atoms with van der Waals surface area (Å²) in [5, 5.41) is 13.9. The first-order valence-corrected chi connectivity index (χ1v) is 8.42. The molecule has 0 radical (unpaired) electrons. The number of thioether (sulfide) groups is 1. The Balaban J connectivity index is 2.43. The van der Waals surface area contributed by atoms with E-state index in [0.29, 0.717) is 12.2 Å². The number of nitrogens with one attached hydrogen (secondary N) is 2. The Hall–Kier alpha value is -1.44. The third-order valence-corrected chi connectivity index (χ3v) is 3.99. The van der Waals surface area contributed by atoms with Crippen LogP contribution in [0.25, 0.3) is 0 Å². The number of hydrogen-bond acceptors (Lipinski definition) is 4. The highest BCUT2D eigenvalue weighted by Gasteiger charge is 2.26. The molecule has 3 N–H and O–H groups in total. The zero-order valence-electron chi connectivity index (χ0n) is 12.4. The van der Waals surface area contributed by atoms with Crippen LogP contribution >= 0.6 is 11.8 Å². The molecule has 0 aromatic heterocycles. The zero-order chi connectivity index (χ0) is 15.8. The first-order valence-electron chi connectivity index (χ1n) is 7.03. The van der Waals surface area contributed by atoms with Gasteiger partial charge in [0.15, 0.2) is 0 Å². The molecule has 0 aromatic rings. The average Bonchev–Trinajstić information content (AvgIpc) is 2.96. The summed E-state index contributed by atoms with van der Waals surface area (Å²) in [5.41, 5.74) is 0. The van der Waals surface area contributed by atoms with Gasteiger partial charge in [0.1, 0.15) is 12.1 Å². The molecule has 1 heterocycles. The average molecular weight is 317 g/mol. The third-order valence-electron chi connectivity index (χ3n) is 3.35.